The van der Waals surface area contributed by atoms with Crippen LogP contribution >= 0.6 is 0 Å². The van der Waals surface area contributed by atoms with Crippen LogP contribution in [0.2, 0.25) is 0 Å². The molecular weight excluding hydrogens is 240 g/mol. The van der Waals surface area contributed by atoms with Gasteiger partial charge in [0.25, 0.3) is 5.91 Å². The van der Waals surface area contributed by atoms with E-state index in [1.165, 1.54) is 0 Å². The van der Waals surface area contributed by atoms with Crippen molar-refractivity contribution in [3.05, 3.63) is 36.0 Å². The third-order valence-electron chi connectivity index (χ3n) is 3.86. The fraction of sp³-hybridized carbons (Fsp3) is 0.400. The number of aromatic nitrogens is 1. The molecule has 0 saturated carbocycles. The topological polar surface area (TPSA) is 45.3 Å². The Morgan fingerprint density at radius 3 is 2.89 bits per heavy atom. The van der Waals surface area contributed by atoms with E-state index in [2.05, 4.69) is 4.98 Å². The second kappa shape index (κ2) is 5.05. The van der Waals surface area contributed by atoms with Crippen molar-refractivity contribution >= 4 is 16.8 Å². The first-order valence-corrected chi connectivity index (χ1v) is 6.68. The van der Waals surface area contributed by atoms with Gasteiger partial charge in [-0.1, -0.05) is 0 Å². The highest BCUT2D eigenvalue weighted by atomic mass is 16.5. The number of carbonyl (C=O) groups excluding carboxylic acids is 1. The standard InChI is InChI=1S/C15H18N2O2/c1-17(13-5-8-19-9-6-13)15(18)12-2-3-14-11(10-12)4-7-16-14/h2-4,7,10,13,16H,5-6,8-9H2,1H3. The maximum atomic E-state index is 12.5. The Hall–Kier alpha value is -1.81. The van der Waals surface area contributed by atoms with Gasteiger partial charge in [0.05, 0.1) is 0 Å². The van der Waals surface area contributed by atoms with E-state index in [1.54, 1.807) is 0 Å². The number of rotatable bonds is 2. The summed E-state index contributed by atoms with van der Waals surface area (Å²) in [4.78, 5) is 17.5. The molecule has 2 aromatic rings. The molecule has 0 spiro atoms. The molecule has 1 amide bonds. The van der Waals surface area contributed by atoms with E-state index in [1.807, 2.05) is 42.4 Å². The maximum Gasteiger partial charge on any atom is 0.253 e. The van der Waals surface area contributed by atoms with Crippen LogP contribution in [0.15, 0.2) is 30.5 Å². The lowest BCUT2D eigenvalue weighted by molar-refractivity contribution is 0.0362. The molecule has 1 aliphatic rings. The van der Waals surface area contributed by atoms with E-state index in [9.17, 15) is 4.79 Å². The minimum atomic E-state index is 0.0926. The van der Waals surface area contributed by atoms with Crippen LogP contribution in [0.1, 0.15) is 23.2 Å². The lowest BCUT2D eigenvalue weighted by Gasteiger charge is -2.31. The molecule has 2 heterocycles. The van der Waals surface area contributed by atoms with E-state index < -0.39 is 0 Å². The molecule has 3 rings (SSSR count). The highest BCUT2D eigenvalue weighted by molar-refractivity contribution is 5.98. The van der Waals surface area contributed by atoms with Gasteiger partial charge in [0.1, 0.15) is 0 Å². The van der Waals surface area contributed by atoms with Crippen LogP contribution in [-0.2, 0) is 4.74 Å². The number of H-pyrrole nitrogens is 1. The van der Waals surface area contributed by atoms with Crippen molar-refractivity contribution in [3.8, 4) is 0 Å². The minimum absolute atomic E-state index is 0.0926. The Labute approximate surface area is 112 Å². The number of aromatic amines is 1. The Morgan fingerprint density at radius 1 is 1.32 bits per heavy atom. The Kier molecular flexibility index (Phi) is 3.25. The molecule has 0 aliphatic carbocycles. The summed E-state index contributed by atoms with van der Waals surface area (Å²) in [7, 11) is 1.89. The fourth-order valence-corrected chi connectivity index (χ4v) is 2.63. The second-order valence-corrected chi connectivity index (χ2v) is 5.04. The molecule has 1 N–H and O–H groups in total. The van der Waals surface area contributed by atoms with Gasteiger partial charge in [0.2, 0.25) is 0 Å². The molecule has 1 saturated heterocycles. The number of hydrogen-bond donors (Lipinski definition) is 1. The largest absolute Gasteiger partial charge is 0.381 e. The number of fused-ring (bicyclic) bond motifs is 1. The fourth-order valence-electron chi connectivity index (χ4n) is 2.63. The van der Waals surface area contributed by atoms with Crippen LogP contribution in [0.25, 0.3) is 10.9 Å². The van der Waals surface area contributed by atoms with Gasteiger partial charge in [0, 0.05) is 49.0 Å². The van der Waals surface area contributed by atoms with E-state index in [-0.39, 0.29) is 5.91 Å². The van der Waals surface area contributed by atoms with Crippen LogP contribution in [-0.4, -0.2) is 42.1 Å². The van der Waals surface area contributed by atoms with Crippen molar-refractivity contribution in [1.29, 1.82) is 0 Å². The average Bonchev–Trinajstić information content (AvgIpc) is 2.94. The van der Waals surface area contributed by atoms with Gasteiger partial charge in [-0.15, -0.1) is 0 Å². The number of benzene rings is 1. The van der Waals surface area contributed by atoms with Gasteiger partial charge in [-0.3, -0.25) is 4.79 Å². The zero-order valence-electron chi connectivity index (χ0n) is 11.1. The third kappa shape index (κ3) is 2.36. The quantitative estimate of drug-likeness (QED) is 0.899. The van der Waals surface area contributed by atoms with Gasteiger partial charge in [0.15, 0.2) is 0 Å². The highest BCUT2D eigenvalue weighted by Crippen LogP contribution is 2.19. The predicted molar refractivity (Wildman–Crippen MR) is 74.2 cm³/mol. The molecule has 0 atom stereocenters. The summed E-state index contributed by atoms with van der Waals surface area (Å²) in [6, 6.07) is 8.07. The maximum absolute atomic E-state index is 12.5. The number of hydrogen-bond acceptors (Lipinski definition) is 2. The zero-order chi connectivity index (χ0) is 13.2. The highest BCUT2D eigenvalue weighted by Gasteiger charge is 2.23. The minimum Gasteiger partial charge on any atom is -0.381 e. The van der Waals surface area contributed by atoms with E-state index >= 15 is 0 Å². The first kappa shape index (κ1) is 12.2. The van der Waals surface area contributed by atoms with Gasteiger partial charge < -0.3 is 14.6 Å². The number of nitrogens with zero attached hydrogens (tertiary/aromatic N) is 1. The van der Waals surface area contributed by atoms with Crippen molar-refractivity contribution in [1.82, 2.24) is 9.88 Å². The summed E-state index contributed by atoms with van der Waals surface area (Å²) in [6.07, 6.45) is 3.74. The SMILES string of the molecule is CN(C(=O)c1ccc2[nH]ccc2c1)C1CCOCC1. The Balaban J connectivity index is 1.81. The molecule has 4 heteroatoms. The van der Waals surface area contributed by atoms with Crippen LogP contribution in [0.3, 0.4) is 0 Å². The molecule has 100 valence electrons. The summed E-state index contributed by atoms with van der Waals surface area (Å²) in [6.45, 7) is 1.50. The third-order valence-corrected chi connectivity index (χ3v) is 3.86. The van der Waals surface area contributed by atoms with E-state index in [0.717, 1.165) is 42.5 Å². The lowest BCUT2D eigenvalue weighted by atomic mass is 10.1. The molecule has 0 radical (unpaired) electrons. The van der Waals surface area contributed by atoms with Gasteiger partial charge in [-0.05, 0) is 37.1 Å². The first-order chi connectivity index (χ1) is 9.25. The lowest BCUT2D eigenvalue weighted by Crippen LogP contribution is -2.40. The van der Waals surface area contributed by atoms with Crippen molar-refractivity contribution in [2.24, 2.45) is 0 Å². The molecule has 1 aromatic carbocycles. The normalized spacial score (nSPS) is 16.7. The molecular formula is C15H18N2O2. The average molecular weight is 258 g/mol. The van der Waals surface area contributed by atoms with Gasteiger partial charge >= 0.3 is 0 Å². The summed E-state index contributed by atoms with van der Waals surface area (Å²) in [5.41, 5.74) is 1.81. The Morgan fingerprint density at radius 2 is 2.11 bits per heavy atom. The van der Waals surface area contributed by atoms with E-state index in [0.29, 0.717) is 6.04 Å². The molecule has 4 nitrogen and oxygen atoms in total. The van der Waals surface area contributed by atoms with Crippen LogP contribution in [0.4, 0.5) is 0 Å². The molecule has 0 bridgehead atoms. The molecule has 1 aromatic heterocycles. The number of carbonyl (C=O) groups is 1. The summed E-state index contributed by atoms with van der Waals surface area (Å²) >= 11 is 0. The van der Waals surface area contributed by atoms with Crippen LogP contribution in [0, 0.1) is 0 Å². The second-order valence-electron chi connectivity index (χ2n) is 5.04. The van der Waals surface area contributed by atoms with Crippen LogP contribution < -0.4 is 0 Å². The molecule has 0 unspecified atom stereocenters. The molecule has 1 fully saturated rings. The summed E-state index contributed by atoms with van der Waals surface area (Å²) in [5.74, 6) is 0.0926. The monoisotopic (exact) mass is 258 g/mol. The zero-order valence-corrected chi connectivity index (χ0v) is 11.1. The van der Waals surface area contributed by atoms with Crippen LogP contribution in [0.5, 0.6) is 0 Å². The smallest absolute Gasteiger partial charge is 0.253 e. The van der Waals surface area contributed by atoms with Gasteiger partial charge in [-0.2, -0.15) is 0 Å². The summed E-state index contributed by atoms with van der Waals surface area (Å²) < 4.78 is 5.34. The van der Waals surface area contributed by atoms with E-state index in [4.69, 9.17) is 4.74 Å². The van der Waals surface area contributed by atoms with Crippen molar-refractivity contribution in [3.63, 3.8) is 0 Å². The number of amides is 1. The van der Waals surface area contributed by atoms with Crippen molar-refractivity contribution in [2.75, 3.05) is 20.3 Å². The summed E-state index contributed by atoms with van der Waals surface area (Å²) in [5, 5.41) is 1.08. The number of nitrogens with one attached hydrogen (secondary N) is 1. The number of ether oxygens (including phenoxy) is 1. The molecule has 1 aliphatic heterocycles. The van der Waals surface area contributed by atoms with Crippen molar-refractivity contribution < 1.29 is 9.53 Å². The van der Waals surface area contributed by atoms with Gasteiger partial charge in [-0.25, -0.2) is 0 Å². The molecule has 19 heavy (non-hydrogen) atoms. The predicted octanol–water partition coefficient (Wildman–Crippen LogP) is 2.42. The Bertz CT molecular complexity index is 585. The first-order valence-electron chi connectivity index (χ1n) is 6.68. The van der Waals surface area contributed by atoms with Crippen molar-refractivity contribution in [2.45, 2.75) is 18.9 Å².